The molecule has 1 aromatic heterocycles. The number of hydrogen-bond donors (Lipinski definition) is 2. The van der Waals surface area contributed by atoms with Gasteiger partial charge < -0.3 is 15.3 Å². The number of aromatic nitrogens is 2. The predicted octanol–water partition coefficient (Wildman–Crippen LogP) is -1.23. The molecule has 1 unspecified atom stereocenters. The molecule has 0 aliphatic carbocycles. The summed E-state index contributed by atoms with van der Waals surface area (Å²) in [6.45, 7) is 1.41. The quantitative estimate of drug-likeness (QED) is 0.688. The lowest BCUT2D eigenvalue weighted by Gasteiger charge is -2.33. The number of carbonyl (C=O) groups excluding carboxylic acids is 1. The molecule has 17 heavy (non-hydrogen) atoms. The molecule has 1 amide bonds. The lowest BCUT2D eigenvalue weighted by molar-refractivity contribution is -0.151. The van der Waals surface area contributed by atoms with E-state index >= 15 is 0 Å². The summed E-state index contributed by atoms with van der Waals surface area (Å²) in [5.74, 6) is -1.20. The third-order valence-corrected chi connectivity index (χ3v) is 2.71. The van der Waals surface area contributed by atoms with Crippen molar-refractivity contribution < 1.29 is 14.7 Å². The molecule has 1 fully saturated rings. The van der Waals surface area contributed by atoms with Gasteiger partial charge in [-0.2, -0.15) is 5.10 Å². The van der Waals surface area contributed by atoms with E-state index in [2.05, 4.69) is 10.4 Å². The summed E-state index contributed by atoms with van der Waals surface area (Å²) in [6.07, 6.45) is 3.26. The maximum Gasteiger partial charge on any atom is 0.327 e. The van der Waals surface area contributed by atoms with Gasteiger partial charge in [-0.1, -0.05) is 0 Å². The van der Waals surface area contributed by atoms with Crippen LogP contribution in [0.4, 0.5) is 0 Å². The Morgan fingerprint density at radius 3 is 3.00 bits per heavy atom. The summed E-state index contributed by atoms with van der Waals surface area (Å²) in [6, 6.07) is 0.937. The summed E-state index contributed by atoms with van der Waals surface area (Å²) in [5.41, 5.74) is 0. The Balaban J connectivity index is 2.03. The molecule has 0 aromatic carbocycles. The zero-order chi connectivity index (χ0) is 12.3. The minimum atomic E-state index is -0.981. The van der Waals surface area contributed by atoms with Gasteiger partial charge in [-0.3, -0.25) is 9.48 Å². The highest BCUT2D eigenvalue weighted by Crippen LogP contribution is 2.05. The average molecular weight is 238 g/mol. The second kappa shape index (κ2) is 4.96. The molecule has 7 heteroatoms. The summed E-state index contributed by atoms with van der Waals surface area (Å²) < 4.78 is 1.49. The van der Waals surface area contributed by atoms with Gasteiger partial charge >= 0.3 is 5.97 Å². The van der Waals surface area contributed by atoms with E-state index in [1.807, 2.05) is 0 Å². The van der Waals surface area contributed by atoms with Crippen LogP contribution in [0.3, 0.4) is 0 Å². The molecule has 2 N–H and O–H groups in total. The lowest BCUT2D eigenvalue weighted by atomic mass is 10.2. The molecule has 1 aromatic rings. The maximum atomic E-state index is 12.0. The zero-order valence-electron chi connectivity index (χ0n) is 9.24. The number of rotatable bonds is 3. The SMILES string of the molecule is O=C(O)C1CNCCN1C(=O)Cn1cccn1. The largest absolute Gasteiger partial charge is 0.480 e. The Bertz CT molecular complexity index is 404. The standard InChI is InChI=1S/C10H14N4O3/c15-9(7-13-4-1-2-12-13)14-5-3-11-6-8(14)10(16)17/h1-2,4,8,11H,3,5-7H2,(H,16,17). The highest BCUT2D eigenvalue weighted by Gasteiger charge is 2.31. The normalized spacial score (nSPS) is 20.2. The van der Waals surface area contributed by atoms with Gasteiger partial charge in [-0.15, -0.1) is 0 Å². The second-order valence-electron chi connectivity index (χ2n) is 3.85. The first-order valence-electron chi connectivity index (χ1n) is 5.39. The Hall–Kier alpha value is -1.89. The molecule has 1 saturated heterocycles. The third kappa shape index (κ3) is 2.62. The van der Waals surface area contributed by atoms with Gasteiger partial charge in [0.15, 0.2) is 0 Å². The van der Waals surface area contributed by atoms with Gasteiger partial charge in [-0.05, 0) is 6.07 Å². The fraction of sp³-hybridized carbons (Fsp3) is 0.500. The van der Waals surface area contributed by atoms with Crippen molar-refractivity contribution in [2.45, 2.75) is 12.6 Å². The van der Waals surface area contributed by atoms with Crippen molar-refractivity contribution in [2.75, 3.05) is 19.6 Å². The molecule has 0 spiro atoms. The number of hydrogen-bond acceptors (Lipinski definition) is 4. The minimum absolute atomic E-state index is 0.0801. The minimum Gasteiger partial charge on any atom is -0.480 e. The number of carbonyl (C=O) groups is 2. The van der Waals surface area contributed by atoms with Gasteiger partial charge in [-0.25, -0.2) is 4.79 Å². The fourth-order valence-corrected chi connectivity index (χ4v) is 1.85. The monoisotopic (exact) mass is 238 g/mol. The van der Waals surface area contributed by atoms with Crippen LogP contribution < -0.4 is 5.32 Å². The van der Waals surface area contributed by atoms with Crippen molar-refractivity contribution >= 4 is 11.9 Å². The molecule has 1 aliphatic heterocycles. The van der Waals surface area contributed by atoms with Crippen LogP contribution >= 0.6 is 0 Å². The highest BCUT2D eigenvalue weighted by atomic mass is 16.4. The number of carboxylic acids is 1. The molecule has 0 saturated carbocycles. The topological polar surface area (TPSA) is 87.5 Å². The van der Waals surface area contributed by atoms with Gasteiger partial charge in [0.25, 0.3) is 0 Å². The lowest BCUT2D eigenvalue weighted by Crippen LogP contribution is -2.57. The maximum absolute atomic E-state index is 12.0. The van der Waals surface area contributed by atoms with Crippen LogP contribution in [0.1, 0.15) is 0 Å². The van der Waals surface area contributed by atoms with Crippen LogP contribution in [0.15, 0.2) is 18.5 Å². The smallest absolute Gasteiger partial charge is 0.327 e. The number of aliphatic carboxylic acids is 1. The Labute approximate surface area is 98.0 Å². The van der Waals surface area contributed by atoms with Crippen LogP contribution in [0.5, 0.6) is 0 Å². The van der Waals surface area contributed by atoms with E-state index in [0.29, 0.717) is 19.6 Å². The molecule has 2 rings (SSSR count). The van der Waals surface area contributed by atoms with Crippen molar-refractivity contribution in [1.82, 2.24) is 20.0 Å². The Morgan fingerprint density at radius 1 is 1.53 bits per heavy atom. The van der Waals surface area contributed by atoms with Crippen molar-refractivity contribution in [3.63, 3.8) is 0 Å². The summed E-state index contributed by atoms with van der Waals surface area (Å²) in [7, 11) is 0. The average Bonchev–Trinajstić information content (AvgIpc) is 2.81. The highest BCUT2D eigenvalue weighted by molar-refractivity contribution is 5.84. The van der Waals surface area contributed by atoms with Gasteiger partial charge in [0.05, 0.1) is 0 Å². The van der Waals surface area contributed by atoms with Crippen LogP contribution in [-0.4, -0.2) is 57.3 Å². The van der Waals surface area contributed by atoms with Crippen molar-refractivity contribution in [1.29, 1.82) is 0 Å². The number of nitrogens with one attached hydrogen (secondary N) is 1. The zero-order valence-corrected chi connectivity index (χ0v) is 9.24. The Morgan fingerprint density at radius 2 is 2.35 bits per heavy atom. The van der Waals surface area contributed by atoms with E-state index in [4.69, 9.17) is 5.11 Å². The predicted molar refractivity (Wildman–Crippen MR) is 58.2 cm³/mol. The molecule has 7 nitrogen and oxygen atoms in total. The molecule has 2 heterocycles. The molecule has 92 valence electrons. The number of nitrogens with zero attached hydrogens (tertiary/aromatic N) is 3. The molecular weight excluding hydrogens is 224 g/mol. The first kappa shape index (κ1) is 11.6. The summed E-state index contributed by atoms with van der Waals surface area (Å²) in [4.78, 5) is 24.4. The second-order valence-corrected chi connectivity index (χ2v) is 3.85. The van der Waals surface area contributed by atoms with Crippen molar-refractivity contribution in [2.24, 2.45) is 0 Å². The van der Waals surface area contributed by atoms with E-state index < -0.39 is 12.0 Å². The summed E-state index contributed by atoms with van der Waals surface area (Å²) >= 11 is 0. The molecule has 0 radical (unpaired) electrons. The number of piperazine rings is 1. The summed E-state index contributed by atoms with van der Waals surface area (Å²) in [5, 5.41) is 15.9. The number of carboxylic acid groups (broad SMARTS) is 1. The van der Waals surface area contributed by atoms with Gasteiger partial charge in [0.2, 0.25) is 5.91 Å². The Kier molecular flexibility index (Phi) is 3.38. The molecule has 1 atom stereocenters. The van der Waals surface area contributed by atoms with E-state index in [1.54, 1.807) is 18.5 Å². The van der Waals surface area contributed by atoms with Crippen LogP contribution in [0.25, 0.3) is 0 Å². The van der Waals surface area contributed by atoms with E-state index in [9.17, 15) is 9.59 Å². The van der Waals surface area contributed by atoms with E-state index in [-0.39, 0.29) is 12.5 Å². The van der Waals surface area contributed by atoms with Gasteiger partial charge in [0.1, 0.15) is 12.6 Å². The third-order valence-electron chi connectivity index (χ3n) is 2.71. The van der Waals surface area contributed by atoms with Crippen LogP contribution in [0, 0.1) is 0 Å². The van der Waals surface area contributed by atoms with E-state index in [1.165, 1.54) is 9.58 Å². The first-order chi connectivity index (χ1) is 8.18. The van der Waals surface area contributed by atoms with Crippen LogP contribution in [0.2, 0.25) is 0 Å². The first-order valence-corrected chi connectivity index (χ1v) is 5.39. The van der Waals surface area contributed by atoms with Crippen LogP contribution in [-0.2, 0) is 16.1 Å². The molecule has 1 aliphatic rings. The van der Waals surface area contributed by atoms with E-state index in [0.717, 1.165) is 0 Å². The van der Waals surface area contributed by atoms with Gasteiger partial charge in [0, 0.05) is 32.0 Å². The molecular formula is C10H14N4O3. The van der Waals surface area contributed by atoms with Crippen molar-refractivity contribution in [3.05, 3.63) is 18.5 Å². The fourth-order valence-electron chi connectivity index (χ4n) is 1.85. The van der Waals surface area contributed by atoms with Crippen molar-refractivity contribution in [3.8, 4) is 0 Å². The molecule has 0 bridgehead atoms. The number of amides is 1.